The monoisotopic (exact) mass is 264 g/mol. The Balaban J connectivity index is 5.38. The number of rotatable bonds is 3. The van der Waals surface area contributed by atoms with Gasteiger partial charge in [-0.2, -0.15) is 26.3 Å². The van der Waals surface area contributed by atoms with Crippen LogP contribution in [0.2, 0.25) is 0 Å². The molecule has 0 aromatic rings. The molecule has 0 saturated carbocycles. The fourth-order valence-corrected chi connectivity index (χ4v) is 0.835. The number of hydrogen-bond acceptors (Lipinski definition) is 2. The van der Waals surface area contributed by atoms with Crippen molar-refractivity contribution in [1.82, 2.24) is 0 Å². The molecular formula is C9H10F6O2. The highest BCUT2D eigenvalue weighted by Gasteiger charge is 2.52. The van der Waals surface area contributed by atoms with E-state index in [0.717, 1.165) is 7.11 Å². The highest BCUT2D eigenvalue weighted by molar-refractivity contribution is 5.94. The van der Waals surface area contributed by atoms with Gasteiger partial charge in [0.15, 0.2) is 0 Å². The number of carbonyl (C=O) groups is 1. The maximum absolute atomic E-state index is 12.5. The predicted octanol–water partition coefficient (Wildman–Crippen LogP) is 3.24. The van der Waals surface area contributed by atoms with Crippen LogP contribution in [0.5, 0.6) is 0 Å². The molecule has 0 aliphatic carbocycles. The molecule has 0 rings (SSSR count). The van der Waals surface area contributed by atoms with Crippen LogP contribution in [0.3, 0.4) is 0 Å². The van der Waals surface area contributed by atoms with Gasteiger partial charge in [0.05, 0.1) is 7.11 Å². The summed E-state index contributed by atoms with van der Waals surface area (Å²) in [5.41, 5.74) is -2.68. The van der Waals surface area contributed by atoms with Crippen LogP contribution in [-0.2, 0) is 9.53 Å². The molecule has 0 bridgehead atoms. The van der Waals surface area contributed by atoms with E-state index in [-0.39, 0.29) is 6.08 Å². The summed E-state index contributed by atoms with van der Waals surface area (Å²) in [6.07, 6.45) is -10.3. The molecule has 8 heteroatoms. The first kappa shape index (κ1) is 15.8. The first-order chi connectivity index (χ1) is 7.34. The van der Waals surface area contributed by atoms with E-state index in [1.807, 2.05) is 0 Å². The molecule has 0 saturated heterocycles. The summed E-state index contributed by atoms with van der Waals surface area (Å²) < 4.78 is 77.4. The van der Waals surface area contributed by atoms with Crippen molar-refractivity contribution >= 4 is 5.78 Å². The summed E-state index contributed by atoms with van der Waals surface area (Å²) in [6.45, 7) is 1.23. The molecule has 0 radical (unpaired) electrons. The number of ether oxygens (including phenoxy) is 1. The quantitative estimate of drug-likeness (QED) is 0.444. The summed E-state index contributed by atoms with van der Waals surface area (Å²) in [6, 6.07) is 0. The SMILES string of the molecule is CO/C(=C\C(=O)C(F)(F)F)C(C)(C)C(F)(F)F. The van der Waals surface area contributed by atoms with Crippen LogP contribution in [-0.4, -0.2) is 25.2 Å². The van der Waals surface area contributed by atoms with Crippen LogP contribution in [0.4, 0.5) is 26.3 Å². The Morgan fingerprint density at radius 1 is 1.06 bits per heavy atom. The van der Waals surface area contributed by atoms with Crippen molar-refractivity contribution in [3.63, 3.8) is 0 Å². The van der Waals surface area contributed by atoms with Crippen LogP contribution in [0.25, 0.3) is 0 Å². The van der Waals surface area contributed by atoms with Gasteiger partial charge in [-0.3, -0.25) is 4.79 Å². The third-order valence-electron chi connectivity index (χ3n) is 2.09. The molecule has 17 heavy (non-hydrogen) atoms. The normalized spacial score (nSPS) is 14.8. The maximum atomic E-state index is 12.5. The van der Waals surface area contributed by atoms with Gasteiger partial charge in [0, 0.05) is 6.08 Å². The lowest BCUT2D eigenvalue weighted by Gasteiger charge is -2.29. The molecule has 0 aliphatic heterocycles. The second kappa shape index (κ2) is 4.58. The number of ketones is 1. The van der Waals surface area contributed by atoms with E-state index >= 15 is 0 Å². The van der Waals surface area contributed by atoms with E-state index in [9.17, 15) is 31.1 Å². The Bertz CT molecular complexity index is 323. The Kier molecular flexibility index (Phi) is 4.25. The minimum Gasteiger partial charge on any atom is -0.500 e. The van der Waals surface area contributed by atoms with Crippen molar-refractivity contribution in [2.45, 2.75) is 26.2 Å². The van der Waals surface area contributed by atoms with Crippen LogP contribution >= 0.6 is 0 Å². The zero-order valence-corrected chi connectivity index (χ0v) is 9.16. The molecule has 0 N–H and O–H groups in total. The maximum Gasteiger partial charge on any atom is 0.454 e. The molecule has 0 unspecified atom stereocenters. The third-order valence-corrected chi connectivity index (χ3v) is 2.09. The fraction of sp³-hybridized carbons (Fsp3) is 0.667. The standard InChI is InChI=1S/C9H10F6O2/c1-7(2,9(13,14)15)6(17-3)4-5(16)8(10,11)12/h4H,1-3H3/b6-4-. The minimum absolute atomic E-state index is 0.187. The zero-order chi connectivity index (χ0) is 14.1. The van der Waals surface area contributed by atoms with E-state index in [2.05, 4.69) is 4.74 Å². The average Bonchev–Trinajstić information content (AvgIpc) is 2.09. The Hall–Kier alpha value is -1.21. The molecule has 0 spiro atoms. The smallest absolute Gasteiger partial charge is 0.454 e. The lowest BCUT2D eigenvalue weighted by molar-refractivity contribution is -0.208. The van der Waals surface area contributed by atoms with Crippen LogP contribution in [0.15, 0.2) is 11.8 Å². The van der Waals surface area contributed by atoms with E-state index in [1.54, 1.807) is 0 Å². The van der Waals surface area contributed by atoms with Crippen molar-refractivity contribution in [2.75, 3.05) is 7.11 Å². The first-order valence-electron chi connectivity index (χ1n) is 4.28. The van der Waals surface area contributed by atoms with Gasteiger partial charge >= 0.3 is 12.4 Å². The molecule has 0 atom stereocenters. The van der Waals surface area contributed by atoms with Crippen molar-refractivity contribution in [3.8, 4) is 0 Å². The third kappa shape index (κ3) is 3.64. The van der Waals surface area contributed by atoms with Gasteiger partial charge in [-0.1, -0.05) is 0 Å². The molecule has 0 heterocycles. The number of hydrogen-bond donors (Lipinski definition) is 0. The number of carbonyl (C=O) groups excluding carboxylic acids is 1. The number of allylic oxidation sites excluding steroid dienone is 2. The number of halogens is 6. The first-order valence-corrected chi connectivity index (χ1v) is 4.28. The van der Waals surface area contributed by atoms with Crippen LogP contribution in [0, 0.1) is 5.41 Å². The molecule has 2 nitrogen and oxygen atoms in total. The summed E-state index contributed by atoms with van der Waals surface area (Å²) in [5.74, 6) is -3.49. The topological polar surface area (TPSA) is 26.3 Å². The lowest BCUT2D eigenvalue weighted by Crippen LogP contribution is -2.35. The van der Waals surface area contributed by atoms with Crippen molar-refractivity contribution in [3.05, 3.63) is 11.8 Å². The van der Waals surface area contributed by atoms with Crippen LogP contribution < -0.4 is 0 Å². The molecule has 0 aromatic carbocycles. The number of methoxy groups -OCH3 is 1. The van der Waals surface area contributed by atoms with E-state index < -0.39 is 29.3 Å². The molecule has 0 aromatic heterocycles. The van der Waals surface area contributed by atoms with E-state index in [4.69, 9.17) is 0 Å². The summed E-state index contributed by atoms with van der Waals surface area (Å²) in [7, 11) is 0.767. The number of alkyl halides is 6. The summed E-state index contributed by atoms with van der Waals surface area (Å²) in [4.78, 5) is 10.6. The second-order valence-corrected chi connectivity index (χ2v) is 3.70. The Morgan fingerprint density at radius 3 is 1.71 bits per heavy atom. The van der Waals surface area contributed by atoms with Crippen molar-refractivity contribution < 1.29 is 35.9 Å². The van der Waals surface area contributed by atoms with Gasteiger partial charge in [-0.25, -0.2) is 0 Å². The molecular weight excluding hydrogens is 254 g/mol. The van der Waals surface area contributed by atoms with Gasteiger partial charge in [0.2, 0.25) is 0 Å². The Morgan fingerprint density at radius 2 is 1.47 bits per heavy atom. The molecule has 0 amide bonds. The fourth-order valence-electron chi connectivity index (χ4n) is 0.835. The second-order valence-electron chi connectivity index (χ2n) is 3.70. The van der Waals surface area contributed by atoms with Gasteiger partial charge in [0.1, 0.15) is 11.2 Å². The van der Waals surface area contributed by atoms with E-state index in [0.29, 0.717) is 13.8 Å². The van der Waals surface area contributed by atoms with Crippen molar-refractivity contribution in [1.29, 1.82) is 0 Å². The highest BCUT2D eigenvalue weighted by Crippen LogP contribution is 2.43. The molecule has 0 aliphatic rings. The van der Waals surface area contributed by atoms with Crippen molar-refractivity contribution in [2.24, 2.45) is 5.41 Å². The minimum atomic E-state index is -5.23. The summed E-state index contributed by atoms with van der Waals surface area (Å²) >= 11 is 0. The molecule has 0 fully saturated rings. The van der Waals surface area contributed by atoms with Gasteiger partial charge in [-0.05, 0) is 13.8 Å². The largest absolute Gasteiger partial charge is 0.500 e. The molecule has 100 valence electrons. The van der Waals surface area contributed by atoms with E-state index in [1.165, 1.54) is 0 Å². The predicted molar refractivity (Wildman–Crippen MR) is 46.0 cm³/mol. The van der Waals surface area contributed by atoms with Gasteiger partial charge in [0.25, 0.3) is 5.78 Å². The lowest BCUT2D eigenvalue weighted by atomic mass is 9.89. The average molecular weight is 264 g/mol. The summed E-state index contributed by atoms with van der Waals surface area (Å²) in [5, 5.41) is 0. The Labute approximate surface area is 93.2 Å². The van der Waals surface area contributed by atoms with Crippen LogP contribution in [0.1, 0.15) is 13.8 Å². The van der Waals surface area contributed by atoms with Gasteiger partial charge in [-0.15, -0.1) is 0 Å². The highest BCUT2D eigenvalue weighted by atomic mass is 19.4. The zero-order valence-electron chi connectivity index (χ0n) is 9.16. The van der Waals surface area contributed by atoms with Gasteiger partial charge < -0.3 is 4.74 Å².